The van der Waals surface area contributed by atoms with E-state index in [1.54, 1.807) is 0 Å². The summed E-state index contributed by atoms with van der Waals surface area (Å²) in [5, 5.41) is 8.40. The van der Waals surface area contributed by atoms with Crippen molar-refractivity contribution in [3.8, 4) is 0 Å². The molecule has 2 aliphatic heterocycles. The van der Waals surface area contributed by atoms with Crippen LogP contribution in [0, 0.1) is 5.92 Å². The van der Waals surface area contributed by atoms with Crippen LogP contribution in [0.2, 0.25) is 0 Å². The summed E-state index contributed by atoms with van der Waals surface area (Å²) in [4.78, 5) is 10.2. The van der Waals surface area contributed by atoms with E-state index in [9.17, 15) is 4.79 Å². The van der Waals surface area contributed by atoms with Crippen LogP contribution in [-0.4, -0.2) is 49.2 Å². The van der Waals surface area contributed by atoms with Crippen molar-refractivity contribution in [2.75, 3.05) is 19.8 Å². The minimum absolute atomic E-state index is 0.00762. The second-order valence-corrected chi connectivity index (χ2v) is 4.19. The van der Waals surface area contributed by atoms with Crippen LogP contribution < -0.4 is 0 Å². The fourth-order valence-electron chi connectivity index (χ4n) is 2.13. The van der Waals surface area contributed by atoms with E-state index in [-0.39, 0.29) is 24.9 Å². The van der Waals surface area contributed by atoms with Gasteiger partial charge < -0.3 is 19.3 Å². The highest BCUT2D eigenvalue weighted by atomic mass is 16.6. The summed E-state index contributed by atoms with van der Waals surface area (Å²) in [6.07, 6.45) is 2.62. The van der Waals surface area contributed by atoms with Gasteiger partial charge in [-0.2, -0.15) is 0 Å². The Kier molecular flexibility index (Phi) is 3.58. The number of carboxylic acid groups (broad SMARTS) is 1. The first kappa shape index (κ1) is 11.6. The van der Waals surface area contributed by atoms with Gasteiger partial charge >= 0.3 is 5.97 Å². The largest absolute Gasteiger partial charge is 0.478 e. The van der Waals surface area contributed by atoms with Gasteiger partial charge in [-0.1, -0.05) is 13.0 Å². The van der Waals surface area contributed by atoms with Gasteiger partial charge in [0.2, 0.25) is 0 Å². The lowest BCUT2D eigenvalue weighted by Gasteiger charge is -2.15. The van der Waals surface area contributed by atoms with Gasteiger partial charge in [0.1, 0.15) is 12.2 Å². The molecule has 5 heteroatoms. The van der Waals surface area contributed by atoms with Crippen LogP contribution in [0.3, 0.4) is 0 Å². The second kappa shape index (κ2) is 4.95. The molecule has 0 saturated carbocycles. The second-order valence-electron chi connectivity index (χ2n) is 4.19. The zero-order valence-corrected chi connectivity index (χ0v) is 9.17. The molecule has 2 aliphatic rings. The third kappa shape index (κ3) is 2.42. The van der Waals surface area contributed by atoms with Crippen LogP contribution in [-0.2, 0) is 19.0 Å². The van der Waals surface area contributed by atoms with Crippen molar-refractivity contribution < 1.29 is 24.1 Å². The van der Waals surface area contributed by atoms with E-state index in [4.69, 9.17) is 19.3 Å². The molecule has 4 unspecified atom stereocenters. The molecule has 0 bridgehead atoms. The summed E-state index contributed by atoms with van der Waals surface area (Å²) in [7, 11) is 0. The summed E-state index contributed by atoms with van der Waals surface area (Å²) in [5.74, 6) is -0.553. The Labute approximate surface area is 94.0 Å². The van der Waals surface area contributed by atoms with Crippen LogP contribution in [0.1, 0.15) is 6.92 Å². The van der Waals surface area contributed by atoms with Gasteiger partial charge in [0.25, 0.3) is 0 Å². The minimum Gasteiger partial charge on any atom is -0.478 e. The van der Waals surface area contributed by atoms with Gasteiger partial charge in [0.15, 0.2) is 0 Å². The zero-order chi connectivity index (χ0) is 11.5. The Morgan fingerprint density at radius 1 is 1.44 bits per heavy atom. The van der Waals surface area contributed by atoms with Crippen molar-refractivity contribution in [2.24, 2.45) is 5.92 Å². The predicted molar refractivity (Wildman–Crippen MR) is 55.2 cm³/mol. The lowest BCUT2D eigenvalue weighted by Crippen LogP contribution is -2.31. The maximum absolute atomic E-state index is 10.2. The molecule has 2 fully saturated rings. The van der Waals surface area contributed by atoms with E-state index in [1.807, 2.05) is 0 Å². The monoisotopic (exact) mass is 228 g/mol. The molecule has 0 spiro atoms. The summed E-state index contributed by atoms with van der Waals surface area (Å²) in [5.41, 5.74) is 0. The lowest BCUT2D eigenvalue weighted by atomic mass is 10.0. The van der Waals surface area contributed by atoms with E-state index in [0.717, 1.165) is 6.08 Å². The average Bonchev–Trinajstić information content (AvgIpc) is 2.78. The Balaban J connectivity index is 1.77. The molecule has 0 radical (unpaired) electrons. The highest BCUT2D eigenvalue weighted by Gasteiger charge is 2.46. The molecule has 2 rings (SSSR count). The maximum atomic E-state index is 10.2. The summed E-state index contributed by atoms with van der Waals surface area (Å²) < 4.78 is 16.7. The molecule has 0 aromatic rings. The van der Waals surface area contributed by atoms with Crippen LogP contribution >= 0.6 is 0 Å². The normalized spacial score (nSPS) is 38.1. The topological polar surface area (TPSA) is 65.0 Å². The Bertz CT molecular complexity index is 288. The van der Waals surface area contributed by atoms with Gasteiger partial charge in [-0.15, -0.1) is 0 Å². The van der Waals surface area contributed by atoms with Gasteiger partial charge in [0, 0.05) is 12.0 Å². The Morgan fingerprint density at radius 2 is 2.19 bits per heavy atom. The first-order valence-electron chi connectivity index (χ1n) is 5.42. The SMILES string of the molecule is CC1COC2C(OCC=CC(=O)O)COC12. The van der Waals surface area contributed by atoms with E-state index in [2.05, 4.69) is 6.92 Å². The fraction of sp³-hybridized carbons (Fsp3) is 0.727. The van der Waals surface area contributed by atoms with Crippen molar-refractivity contribution in [3.05, 3.63) is 12.2 Å². The summed E-state index contributed by atoms with van der Waals surface area (Å²) >= 11 is 0. The number of hydrogen-bond acceptors (Lipinski definition) is 4. The number of rotatable bonds is 4. The third-order valence-electron chi connectivity index (χ3n) is 2.92. The zero-order valence-electron chi connectivity index (χ0n) is 9.17. The number of carbonyl (C=O) groups is 1. The molecule has 0 amide bonds. The highest BCUT2D eigenvalue weighted by Crippen LogP contribution is 2.32. The lowest BCUT2D eigenvalue weighted by molar-refractivity contribution is -0.131. The molecule has 16 heavy (non-hydrogen) atoms. The van der Waals surface area contributed by atoms with Gasteiger partial charge in [-0.05, 0) is 0 Å². The summed E-state index contributed by atoms with van der Waals surface area (Å²) in [6, 6.07) is 0. The first-order chi connectivity index (χ1) is 7.68. The summed E-state index contributed by atoms with van der Waals surface area (Å²) in [6.45, 7) is 3.61. The third-order valence-corrected chi connectivity index (χ3v) is 2.92. The predicted octanol–water partition coefficient (Wildman–Crippen LogP) is 0.446. The average molecular weight is 228 g/mol. The number of carboxylic acids is 1. The number of aliphatic carboxylic acids is 1. The number of fused-ring (bicyclic) bond motifs is 1. The van der Waals surface area contributed by atoms with Crippen molar-refractivity contribution in [1.29, 1.82) is 0 Å². The molecule has 5 nitrogen and oxygen atoms in total. The molecule has 0 aliphatic carbocycles. The Hall–Kier alpha value is -0.910. The van der Waals surface area contributed by atoms with Gasteiger partial charge in [-0.3, -0.25) is 0 Å². The fourth-order valence-corrected chi connectivity index (χ4v) is 2.13. The van der Waals surface area contributed by atoms with E-state index >= 15 is 0 Å². The maximum Gasteiger partial charge on any atom is 0.328 e. The molecule has 0 aromatic carbocycles. The van der Waals surface area contributed by atoms with Crippen molar-refractivity contribution >= 4 is 5.97 Å². The molecule has 2 heterocycles. The number of ether oxygens (including phenoxy) is 3. The number of hydrogen-bond donors (Lipinski definition) is 1. The van der Waals surface area contributed by atoms with Crippen molar-refractivity contribution in [2.45, 2.75) is 25.2 Å². The molecule has 0 aromatic heterocycles. The smallest absolute Gasteiger partial charge is 0.328 e. The van der Waals surface area contributed by atoms with Gasteiger partial charge in [0.05, 0.1) is 25.9 Å². The van der Waals surface area contributed by atoms with Crippen LogP contribution in [0.4, 0.5) is 0 Å². The first-order valence-corrected chi connectivity index (χ1v) is 5.42. The van der Waals surface area contributed by atoms with E-state index < -0.39 is 5.97 Å². The van der Waals surface area contributed by atoms with E-state index in [1.165, 1.54) is 6.08 Å². The molecular formula is C11H16O5. The van der Waals surface area contributed by atoms with Crippen molar-refractivity contribution in [3.63, 3.8) is 0 Å². The molecule has 4 atom stereocenters. The van der Waals surface area contributed by atoms with Crippen molar-refractivity contribution in [1.82, 2.24) is 0 Å². The van der Waals surface area contributed by atoms with Crippen LogP contribution in [0.15, 0.2) is 12.2 Å². The highest BCUT2D eigenvalue weighted by molar-refractivity contribution is 5.79. The quantitative estimate of drug-likeness (QED) is 0.707. The molecule has 1 N–H and O–H groups in total. The van der Waals surface area contributed by atoms with Crippen LogP contribution in [0.25, 0.3) is 0 Å². The van der Waals surface area contributed by atoms with E-state index in [0.29, 0.717) is 19.1 Å². The van der Waals surface area contributed by atoms with Crippen LogP contribution in [0.5, 0.6) is 0 Å². The van der Waals surface area contributed by atoms with Gasteiger partial charge in [-0.25, -0.2) is 4.79 Å². The standard InChI is InChI=1S/C11H16O5/c1-7-5-15-11-8(6-16-10(7)11)14-4-2-3-9(12)13/h2-3,7-8,10-11H,4-6H2,1H3,(H,12,13). The molecule has 2 saturated heterocycles. The minimum atomic E-state index is -0.963. The Morgan fingerprint density at radius 3 is 2.94 bits per heavy atom. The molecule has 90 valence electrons. The molecular weight excluding hydrogens is 212 g/mol.